The van der Waals surface area contributed by atoms with Crippen LogP contribution in [0.15, 0.2) is 24.3 Å². The zero-order valence-corrected chi connectivity index (χ0v) is 11.7. The maximum absolute atomic E-state index is 9.60. The molecule has 2 rings (SSSR count). The van der Waals surface area contributed by atoms with Crippen molar-refractivity contribution in [3.05, 3.63) is 29.8 Å². The number of rotatable bonds is 1. The second-order valence-electron chi connectivity index (χ2n) is 5.57. The number of anilines is 1. The maximum Gasteiger partial charge on any atom is 0.293 e. The van der Waals surface area contributed by atoms with E-state index in [4.69, 9.17) is 0 Å². The van der Waals surface area contributed by atoms with Crippen molar-refractivity contribution in [1.82, 2.24) is 0 Å². The molecule has 0 amide bonds. The smallest absolute Gasteiger partial charge is 0.293 e. The van der Waals surface area contributed by atoms with Gasteiger partial charge < -0.3 is 10.1 Å². The molecule has 100 valence electrons. The van der Waals surface area contributed by atoms with Gasteiger partial charge in [0.1, 0.15) is 5.60 Å². The molecule has 1 aliphatic heterocycles. The number of ether oxygens (including phenoxy) is 1. The minimum absolute atomic E-state index is 0.318. The molecule has 1 aromatic carbocycles. The maximum atomic E-state index is 9.60. The second kappa shape index (κ2) is 6.43. The molecule has 1 heterocycles. The fourth-order valence-corrected chi connectivity index (χ4v) is 1.73. The van der Waals surface area contributed by atoms with Gasteiger partial charge >= 0.3 is 0 Å². The van der Waals surface area contributed by atoms with Gasteiger partial charge in [-0.3, -0.25) is 4.79 Å². The second-order valence-corrected chi connectivity index (χ2v) is 5.57. The van der Waals surface area contributed by atoms with E-state index in [-0.39, 0.29) is 5.60 Å². The Morgan fingerprint density at radius 3 is 2.56 bits per heavy atom. The molecular weight excluding hydrogens is 226 g/mol. The predicted molar refractivity (Wildman–Crippen MR) is 74.7 cm³/mol. The molecule has 3 nitrogen and oxygen atoms in total. The predicted octanol–water partition coefficient (Wildman–Crippen LogP) is 3.39. The minimum Gasteiger partial charge on any atom is -0.462 e. The minimum atomic E-state index is -0.318. The Kier molecular flexibility index (Phi) is 5.20. The molecule has 1 atom stereocenters. The average Bonchev–Trinajstić information content (AvgIpc) is 2.28. The Labute approximate surface area is 110 Å². The van der Waals surface area contributed by atoms with Crippen LogP contribution in [0.4, 0.5) is 5.69 Å². The number of nitrogens with one attached hydrogen (secondary N) is 1. The lowest BCUT2D eigenvalue weighted by atomic mass is 9.99. The third-order valence-corrected chi connectivity index (χ3v) is 2.67. The summed E-state index contributed by atoms with van der Waals surface area (Å²) >= 11 is 0. The zero-order valence-electron chi connectivity index (χ0n) is 11.7. The molecule has 0 fully saturated rings. The fraction of sp³-hybridized carbons (Fsp3) is 0.533. The van der Waals surface area contributed by atoms with Crippen LogP contribution in [0.3, 0.4) is 0 Å². The Hall–Kier alpha value is -1.51. The summed E-state index contributed by atoms with van der Waals surface area (Å²) in [7, 11) is 0. The van der Waals surface area contributed by atoms with Gasteiger partial charge in [0.15, 0.2) is 0 Å². The summed E-state index contributed by atoms with van der Waals surface area (Å²) in [6, 6.07) is 9.20. The van der Waals surface area contributed by atoms with Crippen molar-refractivity contribution in [3.8, 4) is 0 Å². The highest BCUT2D eigenvalue weighted by Gasteiger charge is 2.11. The molecule has 0 spiro atoms. The molecule has 0 saturated heterocycles. The monoisotopic (exact) mass is 249 g/mol. The highest BCUT2D eigenvalue weighted by atomic mass is 16.5. The molecule has 0 aliphatic carbocycles. The van der Waals surface area contributed by atoms with Crippen molar-refractivity contribution in [2.45, 2.75) is 52.2 Å². The van der Waals surface area contributed by atoms with Gasteiger partial charge in [0.2, 0.25) is 0 Å². The molecular formula is C15H23NO2. The lowest BCUT2D eigenvalue weighted by Gasteiger charge is -2.23. The van der Waals surface area contributed by atoms with Crippen LogP contribution in [-0.2, 0) is 16.0 Å². The quantitative estimate of drug-likeness (QED) is 0.775. The van der Waals surface area contributed by atoms with Crippen LogP contribution in [0.25, 0.3) is 0 Å². The molecule has 1 aromatic rings. The topological polar surface area (TPSA) is 38.3 Å². The number of para-hydroxylation sites is 1. The van der Waals surface area contributed by atoms with Gasteiger partial charge in [0.25, 0.3) is 6.47 Å². The molecule has 3 heteroatoms. The van der Waals surface area contributed by atoms with E-state index >= 15 is 0 Å². The number of benzene rings is 1. The number of hydrogen-bond donors (Lipinski definition) is 1. The standard InChI is InChI=1S/C10H13N.C5H10O2/c1-8-6-7-9-4-2-3-5-10(9)11-8;1-5(2,3)7-4-6/h2-5,8,11H,6-7H2,1H3;4H,1-3H3. The van der Waals surface area contributed by atoms with E-state index in [2.05, 4.69) is 41.2 Å². The van der Waals surface area contributed by atoms with E-state index in [0.29, 0.717) is 12.5 Å². The molecule has 0 bridgehead atoms. The summed E-state index contributed by atoms with van der Waals surface area (Å²) in [6.45, 7) is 8.15. The van der Waals surface area contributed by atoms with Crippen LogP contribution in [0.5, 0.6) is 0 Å². The van der Waals surface area contributed by atoms with Crippen LogP contribution >= 0.6 is 0 Å². The summed E-state index contributed by atoms with van der Waals surface area (Å²) in [6.07, 6.45) is 2.49. The summed E-state index contributed by atoms with van der Waals surface area (Å²) in [5.41, 5.74) is 2.47. The van der Waals surface area contributed by atoms with Gasteiger partial charge in [-0.15, -0.1) is 0 Å². The van der Waals surface area contributed by atoms with Crippen molar-refractivity contribution in [2.75, 3.05) is 5.32 Å². The number of hydrogen-bond acceptors (Lipinski definition) is 3. The number of fused-ring (bicyclic) bond motifs is 1. The lowest BCUT2D eigenvalue weighted by molar-refractivity contribution is -0.138. The van der Waals surface area contributed by atoms with Crippen molar-refractivity contribution in [1.29, 1.82) is 0 Å². The van der Waals surface area contributed by atoms with Gasteiger partial charge in [-0.05, 0) is 52.2 Å². The molecule has 0 saturated carbocycles. The largest absolute Gasteiger partial charge is 0.462 e. The van der Waals surface area contributed by atoms with Crippen LogP contribution in [0, 0.1) is 0 Å². The fourth-order valence-electron chi connectivity index (χ4n) is 1.73. The normalized spacial score (nSPS) is 17.7. The van der Waals surface area contributed by atoms with Crippen LogP contribution in [-0.4, -0.2) is 18.1 Å². The molecule has 1 aliphatic rings. The molecule has 18 heavy (non-hydrogen) atoms. The van der Waals surface area contributed by atoms with E-state index in [9.17, 15) is 4.79 Å². The van der Waals surface area contributed by atoms with Crippen LogP contribution in [0.2, 0.25) is 0 Å². The summed E-state index contributed by atoms with van der Waals surface area (Å²) in [5.74, 6) is 0. The van der Waals surface area contributed by atoms with Gasteiger partial charge in [-0.25, -0.2) is 0 Å². The Bertz CT molecular complexity index is 382. The van der Waals surface area contributed by atoms with Gasteiger partial charge in [-0.2, -0.15) is 0 Å². The lowest BCUT2D eigenvalue weighted by Crippen LogP contribution is -2.21. The molecule has 1 N–H and O–H groups in total. The number of carbonyl (C=O) groups is 1. The van der Waals surface area contributed by atoms with E-state index in [1.807, 2.05) is 20.8 Å². The number of carbonyl (C=O) groups excluding carboxylic acids is 1. The summed E-state index contributed by atoms with van der Waals surface area (Å²) in [5, 5.41) is 3.46. The van der Waals surface area contributed by atoms with Gasteiger partial charge in [-0.1, -0.05) is 18.2 Å². The Morgan fingerprint density at radius 2 is 2.00 bits per heavy atom. The van der Waals surface area contributed by atoms with Gasteiger partial charge in [0, 0.05) is 11.7 Å². The first kappa shape index (κ1) is 14.6. The first-order chi connectivity index (χ1) is 8.42. The third kappa shape index (κ3) is 5.21. The summed E-state index contributed by atoms with van der Waals surface area (Å²) < 4.78 is 4.55. The molecule has 0 radical (unpaired) electrons. The summed E-state index contributed by atoms with van der Waals surface area (Å²) in [4.78, 5) is 9.60. The third-order valence-electron chi connectivity index (χ3n) is 2.67. The van der Waals surface area contributed by atoms with Crippen LogP contribution in [0.1, 0.15) is 39.7 Å². The number of aryl methyl sites for hydroxylation is 1. The van der Waals surface area contributed by atoms with Crippen molar-refractivity contribution in [2.24, 2.45) is 0 Å². The van der Waals surface area contributed by atoms with Gasteiger partial charge in [0.05, 0.1) is 0 Å². The first-order valence-corrected chi connectivity index (χ1v) is 6.38. The highest BCUT2D eigenvalue weighted by Crippen LogP contribution is 2.23. The molecule has 0 aromatic heterocycles. The Balaban J connectivity index is 0.000000203. The molecule has 1 unspecified atom stereocenters. The van der Waals surface area contributed by atoms with Crippen molar-refractivity contribution in [3.63, 3.8) is 0 Å². The van der Waals surface area contributed by atoms with E-state index in [0.717, 1.165) is 0 Å². The van der Waals surface area contributed by atoms with E-state index in [1.54, 1.807) is 0 Å². The van der Waals surface area contributed by atoms with Crippen molar-refractivity contribution < 1.29 is 9.53 Å². The van der Waals surface area contributed by atoms with Crippen LogP contribution < -0.4 is 5.32 Å². The zero-order chi connectivity index (χ0) is 13.6. The first-order valence-electron chi connectivity index (χ1n) is 6.38. The highest BCUT2D eigenvalue weighted by molar-refractivity contribution is 5.53. The van der Waals surface area contributed by atoms with Crippen molar-refractivity contribution >= 4 is 12.2 Å². The SMILES string of the molecule is CC(C)(C)OC=O.CC1CCc2ccccc2N1. The Morgan fingerprint density at radius 1 is 1.33 bits per heavy atom. The average molecular weight is 249 g/mol. The van der Waals surface area contributed by atoms with E-state index < -0.39 is 0 Å². The van der Waals surface area contributed by atoms with E-state index in [1.165, 1.54) is 24.1 Å².